The summed E-state index contributed by atoms with van der Waals surface area (Å²) < 4.78 is 4.96. The molecule has 0 unspecified atom stereocenters. The van der Waals surface area contributed by atoms with Gasteiger partial charge in [0.2, 0.25) is 0 Å². The van der Waals surface area contributed by atoms with E-state index >= 15 is 0 Å². The number of aromatic nitrogens is 1. The maximum Gasteiger partial charge on any atom is 0.358 e. The Morgan fingerprint density at radius 2 is 2.27 bits per heavy atom. The Bertz CT molecular complexity index is 393. The molecule has 1 heterocycles. The third-order valence-corrected chi connectivity index (χ3v) is 4.06. The molecule has 0 aromatic carbocycles. The highest BCUT2D eigenvalue weighted by Crippen LogP contribution is 2.49. The van der Waals surface area contributed by atoms with Gasteiger partial charge in [0.25, 0.3) is 0 Å². The third kappa shape index (κ3) is 1.91. The van der Waals surface area contributed by atoms with Crippen LogP contribution in [0.3, 0.4) is 0 Å². The fourth-order valence-electron chi connectivity index (χ4n) is 1.44. The Balaban J connectivity index is 2.25. The standard InChI is InChI=1S/C11H15NO2S/c1-4-14-9(13)8-7(2)15-10(12-8)11(3)5-6-11/h4-6H2,1-3H3. The molecule has 0 saturated heterocycles. The first-order valence-corrected chi connectivity index (χ1v) is 6.03. The number of hydrogen-bond acceptors (Lipinski definition) is 4. The lowest BCUT2D eigenvalue weighted by molar-refractivity contribution is 0.0519. The predicted molar refractivity (Wildman–Crippen MR) is 59.4 cm³/mol. The molecular formula is C11H15NO2S. The minimum Gasteiger partial charge on any atom is -0.461 e. The molecule has 1 fully saturated rings. The summed E-state index contributed by atoms with van der Waals surface area (Å²) in [7, 11) is 0. The molecule has 0 spiro atoms. The maximum atomic E-state index is 11.5. The summed E-state index contributed by atoms with van der Waals surface area (Å²) in [6.45, 7) is 6.34. The van der Waals surface area contributed by atoms with Crippen molar-refractivity contribution in [2.45, 2.75) is 39.0 Å². The van der Waals surface area contributed by atoms with Gasteiger partial charge in [-0.3, -0.25) is 0 Å². The predicted octanol–water partition coefficient (Wildman–Crippen LogP) is 2.68. The zero-order valence-electron chi connectivity index (χ0n) is 9.29. The molecule has 4 heteroatoms. The van der Waals surface area contributed by atoms with Gasteiger partial charge in [-0.1, -0.05) is 6.92 Å². The SMILES string of the molecule is CCOC(=O)c1nc(C2(C)CC2)sc1C. The van der Waals surface area contributed by atoms with Crippen LogP contribution in [0.25, 0.3) is 0 Å². The number of carbonyl (C=O) groups excluding carboxylic acids is 1. The minimum atomic E-state index is -0.290. The molecule has 3 nitrogen and oxygen atoms in total. The van der Waals surface area contributed by atoms with Crippen molar-refractivity contribution in [1.82, 2.24) is 4.98 Å². The Hall–Kier alpha value is -0.900. The Morgan fingerprint density at radius 1 is 1.60 bits per heavy atom. The van der Waals surface area contributed by atoms with Crippen molar-refractivity contribution in [3.05, 3.63) is 15.6 Å². The van der Waals surface area contributed by atoms with E-state index in [4.69, 9.17) is 4.74 Å². The maximum absolute atomic E-state index is 11.5. The second kappa shape index (κ2) is 3.59. The van der Waals surface area contributed by atoms with Crippen molar-refractivity contribution in [2.75, 3.05) is 6.61 Å². The molecule has 0 amide bonds. The van der Waals surface area contributed by atoms with Crippen molar-refractivity contribution in [2.24, 2.45) is 0 Å². The van der Waals surface area contributed by atoms with Crippen LogP contribution in [0, 0.1) is 6.92 Å². The molecule has 0 N–H and O–H groups in total. The Morgan fingerprint density at radius 3 is 2.80 bits per heavy atom. The van der Waals surface area contributed by atoms with Crippen LogP contribution in [-0.4, -0.2) is 17.6 Å². The second-order valence-electron chi connectivity index (χ2n) is 4.20. The zero-order valence-corrected chi connectivity index (χ0v) is 10.1. The molecule has 15 heavy (non-hydrogen) atoms. The van der Waals surface area contributed by atoms with Gasteiger partial charge in [-0.25, -0.2) is 9.78 Å². The molecular weight excluding hydrogens is 210 g/mol. The van der Waals surface area contributed by atoms with Crippen LogP contribution in [0.2, 0.25) is 0 Å². The van der Waals surface area contributed by atoms with Gasteiger partial charge in [0.05, 0.1) is 11.6 Å². The van der Waals surface area contributed by atoms with Crippen LogP contribution in [-0.2, 0) is 10.2 Å². The fourth-order valence-corrected chi connectivity index (χ4v) is 2.55. The summed E-state index contributed by atoms with van der Waals surface area (Å²) in [6.07, 6.45) is 2.37. The van der Waals surface area contributed by atoms with Crippen molar-refractivity contribution in [3.63, 3.8) is 0 Å². The summed E-state index contributed by atoms with van der Waals surface area (Å²) in [6, 6.07) is 0. The minimum absolute atomic E-state index is 0.236. The first kappa shape index (κ1) is 10.6. The number of ether oxygens (including phenoxy) is 1. The second-order valence-corrected chi connectivity index (χ2v) is 5.41. The molecule has 0 aliphatic heterocycles. The number of hydrogen-bond donors (Lipinski definition) is 0. The van der Waals surface area contributed by atoms with E-state index in [-0.39, 0.29) is 11.4 Å². The smallest absolute Gasteiger partial charge is 0.358 e. The molecule has 0 bridgehead atoms. The van der Waals surface area contributed by atoms with E-state index in [1.807, 2.05) is 13.8 Å². The lowest BCUT2D eigenvalue weighted by atomic mass is 10.2. The fraction of sp³-hybridized carbons (Fsp3) is 0.636. The lowest BCUT2D eigenvalue weighted by Crippen LogP contribution is -2.07. The average Bonchev–Trinajstić information content (AvgIpc) is 2.78. The Kier molecular flexibility index (Phi) is 2.54. The lowest BCUT2D eigenvalue weighted by Gasteiger charge is -2.01. The van der Waals surface area contributed by atoms with Gasteiger partial charge in [-0.15, -0.1) is 11.3 Å². The molecule has 1 aromatic rings. The average molecular weight is 225 g/mol. The molecule has 2 rings (SSSR count). The van der Waals surface area contributed by atoms with Crippen molar-refractivity contribution >= 4 is 17.3 Å². The van der Waals surface area contributed by atoms with E-state index in [0.29, 0.717) is 12.3 Å². The van der Waals surface area contributed by atoms with Crippen LogP contribution in [0.15, 0.2) is 0 Å². The molecule has 1 aromatic heterocycles. The first-order chi connectivity index (χ1) is 7.07. The van der Waals surface area contributed by atoms with Crippen LogP contribution >= 0.6 is 11.3 Å². The molecule has 1 aliphatic carbocycles. The molecule has 0 atom stereocenters. The normalized spacial score (nSPS) is 17.5. The van der Waals surface area contributed by atoms with Crippen molar-refractivity contribution in [1.29, 1.82) is 0 Å². The summed E-state index contributed by atoms with van der Waals surface area (Å²) in [4.78, 5) is 16.9. The topological polar surface area (TPSA) is 39.2 Å². The van der Waals surface area contributed by atoms with Gasteiger partial charge >= 0.3 is 5.97 Å². The quantitative estimate of drug-likeness (QED) is 0.742. The summed E-state index contributed by atoms with van der Waals surface area (Å²) in [5.74, 6) is -0.290. The number of esters is 1. The van der Waals surface area contributed by atoms with Crippen LogP contribution < -0.4 is 0 Å². The Labute approximate surface area is 93.5 Å². The van der Waals surface area contributed by atoms with Gasteiger partial charge in [-0.2, -0.15) is 0 Å². The molecule has 1 saturated carbocycles. The molecule has 1 aliphatic rings. The summed E-state index contributed by atoms with van der Waals surface area (Å²) in [5.41, 5.74) is 0.741. The van der Waals surface area contributed by atoms with Gasteiger partial charge in [0.15, 0.2) is 5.69 Å². The highest BCUT2D eigenvalue weighted by Gasteiger charge is 2.42. The number of nitrogens with zero attached hydrogens (tertiary/aromatic N) is 1. The van der Waals surface area contributed by atoms with Crippen molar-refractivity contribution in [3.8, 4) is 0 Å². The number of aryl methyl sites for hydroxylation is 1. The molecule has 0 radical (unpaired) electrons. The number of thiazole rings is 1. The number of carbonyl (C=O) groups is 1. The highest BCUT2D eigenvalue weighted by atomic mass is 32.1. The van der Waals surface area contributed by atoms with E-state index in [1.54, 1.807) is 11.3 Å². The number of rotatable bonds is 3. The zero-order chi connectivity index (χ0) is 11.1. The third-order valence-electron chi connectivity index (χ3n) is 2.78. The van der Waals surface area contributed by atoms with E-state index in [1.165, 1.54) is 12.8 Å². The summed E-state index contributed by atoms with van der Waals surface area (Å²) >= 11 is 1.63. The van der Waals surface area contributed by atoms with E-state index in [2.05, 4.69) is 11.9 Å². The van der Waals surface area contributed by atoms with Gasteiger partial charge in [0.1, 0.15) is 0 Å². The summed E-state index contributed by atoms with van der Waals surface area (Å²) in [5, 5.41) is 1.09. The van der Waals surface area contributed by atoms with Crippen LogP contribution in [0.5, 0.6) is 0 Å². The van der Waals surface area contributed by atoms with E-state index in [0.717, 1.165) is 9.88 Å². The monoisotopic (exact) mass is 225 g/mol. The van der Waals surface area contributed by atoms with Gasteiger partial charge < -0.3 is 4.74 Å². The van der Waals surface area contributed by atoms with E-state index < -0.39 is 0 Å². The van der Waals surface area contributed by atoms with Crippen molar-refractivity contribution < 1.29 is 9.53 Å². The van der Waals surface area contributed by atoms with Gasteiger partial charge in [0, 0.05) is 10.3 Å². The van der Waals surface area contributed by atoms with Crippen LogP contribution in [0.4, 0.5) is 0 Å². The molecule has 82 valence electrons. The van der Waals surface area contributed by atoms with Crippen LogP contribution in [0.1, 0.15) is 47.1 Å². The highest BCUT2D eigenvalue weighted by molar-refractivity contribution is 7.12. The van der Waals surface area contributed by atoms with Gasteiger partial charge in [-0.05, 0) is 26.7 Å². The largest absolute Gasteiger partial charge is 0.461 e. The first-order valence-electron chi connectivity index (χ1n) is 5.22. The van der Waals surface area contributed by atoms with E-state index in [9.17, 15) is 4.79 Å².